The van der Waals surface area contributed by atoms with Crippen molar-refractivity contribution in [3.63, 3.8) is 0 Å². The largest absolute Gasteiger partial charge is 0.361 e. The van der Waals surface area contributed by atoms with Crippen molar-refractivity contribution < 1.29 is 0 Å². The van der Waals surface area contributed by atoms with Crippen LogP contribution < -0.4 is 5.32 Å². The van der Waals surface area contributed by atoms with E-state index in [0.29, 0.717) is 0 Å². The lowest BCUT2D eigenvalue weighted by molar-refractivity contribution is 1.43. The Labute approximate surface area is 105 Å². The van der Waals surface area contributed by atoms with Gasteiger partial charge in [0.15, 0.2) is 0 Å². The Kier molecular flexibility index (Phi) is 1.86. The van der Waals surface area contributed by atoms with E-state index in [0.717, 1.165) is 11.4 Å². The predicted octanol–water partition coefficient (Wildman–Crippen LogP) is 4.23. The van der Waals surface area contributed by atoms with Crippen LogP contribution in [0.4, 0.5) is 5.69 Å². The van der Waals surface area contributed by atoms with E-state index in [1.54, 1.807) is 0 Å². The molecule has 2 aromatic carbocycles. The number of rotatable bonds is 0. The van der Waals surface area contributed by atoms with Crippen LogP contribution in [0.5, 0.6) is 0 Å². The molecule has 0 fully saturated rings. The van der Waals surface area contributed by atoms with Crippen LogP contribution in [0.1, 0.15) is 5.69 Å². The summed E-state index contributed by atoms with van der Waals surface area (Å²) in [6.45, 7) is 0. The van der Waals surface area contributed by atoms with Crippen molar-refractivity contribution in [1.82, 2.24) is 4.98 Å². The minimum absolute atomic E-state index is 1.15. The lowest BCUT2D eigenvalue weighted by Gasteiger charge is -2.07. The number of aromatic nitrogens is 1. The van der Waals surface area contributed by atoms with Gasteiger partial charge in [0.1, 0.15) is 0 Å². The van der Waals surface area contributed by atoms with Gasteiger partial charge in [-0.1, -0.05) is 36.4 Å². The highest BCUT2D eigenvalue weighted by atomic mass is 14.9. The molecular formula is C16H12N2. The SMILES string of the molecule is C1=Cc2[nH]c3ccccc3c2-c2ccccc2N1. The van der Waals surface area contributed by atoms with Crippen LogP contribution in [-0.2, 0) is 0 Å². The fourth-order valence-corrected chi connectivity index (χ4v) is 2.62. The van der Waals surface area contributed by atoms with E-state index < -0.39 is 0 Å². The third-order valence-corrected chi connectivity index (χ3v) is 3.42. The van der Waals surface area contributed by atoms with Crippen molar-refractivity contribution >= 4 is 22.7 Å². The fraction of sp³-hybridized carbons (Fsp3) is 0. The highest BCUT2D eigenvalue weighted by molar-refractivity contribution is 6.03. The van der Waals surface area contributed by atoms with Crippen molar-refractivity contribution in [1.29, 1.82) is 0 Å². The minimum Gasteiger partial charge on any atom is -0.361 e. The normalized spacial score (nSPS) is 12.7. The van der Waals surface area contributed by atoms with Crippen molar-refractivity contribution in [2.24, 2.45) is 0 Å². The average Bonchev–Trinajstić information content (AvgIpc) is 2.68. The number of anilines is 1. The second-order valence-electron chi connectivity index (χ2n) is 4.48. The van der Waals surface area contributed by atoms with Gasteiger partial charge in [0.25, 0.3) is 0 Å². The third kappa shape index (κ3) is 1.23. The first-order chi connectivity index (χ1) is 8.93. The number of fused-ring (bicyclic) bond motifs is 5. The maximum absolute atomic E-state index is 3.47. The Morgan fingerprint density at radius 2 is 1.67 bits per heavy atom. The smallest absolute Gasteiger partial charge is 0.0486 e. The van der Waals surface area contributed by atoms with Crippen LogP contribution in [0.25, 0.3) is 28.1 Å². The Balaban J connectivity index is 2.17. The average molecular weight is 232 g/mol. The molecule has 3 aromatic rings. The molecule has 0 aliphatic carbocycles. The van der Waals surface area contributed by atoms with Crippen LogP contribution in [-0.4, -0.2) is 4.98 Å². The summed E-state index contributed by atoms with van der Waals surface area (Å²) in [6, 6.07) is 16.8. The Bertz CT molecular complexity index is 766. The van der Waals surface area contributed by atoms with Crippen LogP contribution in [0.15, 0.2) is 54.7 Å². The number of nitrogens with one attached hydrogen (secondary N) is 2. The highest BCUT2D eigenvalue weighted by Crippen LogP contribution is 2.38. The van der Waals surface area contributed by atoms with E-state index >= 15 is 0 Å². The number of para-hydroxylation sites is 2. The Morgan fingerprint density at radius 1 is 0.833 bits per heavy atom. The Hall–Kier alpha value is -2.48. The van der Waals surface area contributed by atoms with Gasteiger partial charge in [0.05, 0.1) is 0 Å². The van der Waals surface area contributed by atoms with Crippen LogP contribution in [0.3, 0.4) is 0 Å². The molecule has 0 saturated heterocycles. The van der Waals surface area contributed by atoms with Crippen molar-refractivity contribution in [2.45, 2.75) is 0 Å². The second kappa shape index (κ2) is 3.50. The molecule has 0 spiro atoms. The minimum atomic E-state index is 1.15. The zero-order valence-electron chi connectivity index (χ0n) is 9.77. The maximum Gasteiger partial charge on any atom is 0.0486 e. The van der Waals surface area contributed by atoms with Crippen molar-refractivity contribution in [3.05, 3.63) is 60.4 Å². The monoisotopic (exact) mass is 232 g/mol. The van der Waals surface area contributed by atoms with E-state index in [-0.39, 0.29) is 0 Å². The van der Waals surface area contributed by atoms with Gasteiger partial charge in [-0.3, -0.25) is 0 Å². The molecule has 1 aromatic heterocycles. The van der Waals surface area contributed by atoms with Gasteiger partial charge in [-0.05, 0) is 18.2 Å². The molecule has 0 amide bonds. The van der Waals surface area contributed by atoms with E-state index in [9.17, 15) is 0 Å². The zero-order chi connectivity index (χ0) is 11.9. The molecule has 2 heterocycles. The number of aromatic amines is 1. The number of hydrogen-bond acceptors (Lipinski definition) is 1. The summed E-state index contributed by atoms with van der Waals surface area (Å²) in [7, 11) is 0. The van der Waals surface area contributed by atoms with Gasteiger partial charge in [0, 0.05) is 39.6 Å². The van der Waals surface area contributed by atoms with Gasteiger partial charge in [-0.15, -0.1) is 0 Å². The summed E-state index contributed by atoms with van der Waals surface area (Å²) < 4.78 is 0. The quantitative estimate of drug-likeness (QED) is 0.596. The van der Waals surface area contributed by atoms with E-state index in [4.69, 9.17) is 0 Å². The van der Waals surface area contributed by atoms with Crippen LogP contribution in [0.2, 0.25) is 0 Å². The molecule has 0 radical (unpaired) electrons. The molecule has 2 heteroatoms. The molecule has 86 valence electrons. The van der Waals surface area contributed by atoms with Gasteiger partial charge >= 0.3 is 0 Å². The summed E-state index contributed by atoms with van der Waals surface area (Å²) in [6.07, 6.45) is 4.08. The molecule has 0 bridgehead atoms. The first-order valence-electron chi connectivity index (χ1n) is 6.07. The highest BCUT2D eigenvalue weighted by Gasteiger charge is 2.15. The summed E-state index contributed by atoms with van der Waals surface area (Å²) in [4.78, 5) is 3.47. The molecule has 4 rings (SSSR count). The lowest BCUT2D eigenvalue weighted by Crippen LogP contribution is -1.87. The Morgan fingerprint density at radius 3 is 2.67 bits per heavy atom. The van der Waals surface area contributed by atoms with Gasteiger partial charge < -0.3 is 10.3 Å². The van der Waals surface area contributed by atoms with E-state index in [2.05, 4.69) is 64.9 Å². The molecular weight excluding hydrogens is 220 g/mol. The van der Waals surface area contributed by atoms with E-state index in [1.165, 1.54) is 22.0 Å². The molecule has 18 heavy (non-hydrogen) atoms. The first kappa shape index (κ1) is 9.54. The molecule has 1 aliphatic rings. The molecule has 0 atom stereocenters. The number of H-pyrrole nitrogens is 1. The third-order valence-electron chi connectivity index (χ3n) is 3.42. The summed E-state index contributed by atoms with van der Waals surface area (Å²) in [5.41, 5.74) is 6.02. The predicted molar refractivity (Wildman–Crippen MR) is 76.4 cm³/mol. The van der Waals surface area contributed by atoms with Gasteiger partial charge in [0.2, 0.25) is 0 Å². The maximum atomic E-state index is 3.47. The standard InChI is InChI=1S/C16H12N2/c1-3-7-13-11(5-1)16-12-6-2-4-8-14(12)18-15(16)9-10-17-13/h1-10,17-18H. The van der Waals surface area contributed by atoms with Gasteiger partial charge in [-0.2, -0.15) is 0 Å². The molecule has 2 N–H and O–H groups in total. The van der Waals surface area contributed by atoms with Crippen molar-refractivity contribution in [3.8, 4) is 11.1 Å². The van der Waals surface area contributed by atoms with Crippen LogP contribution in [0, 0.1) is 0 Å². The zero-order valence-corrected chi connectivity index (χ0v) is 9.77. The lowest BCUT2D eigenvalue weighted by atomic mass is 10.0. The van der Waals surface area contributed by atoms with Crippen LogP contribution >= 0.6 is 0 Å². The van der Waals surface area contributed by atoms with Gasteiger partial charge in [-0.25, -0.2) is 0 Å². The molecule has 2 nitrogen and oxygen atoms in total. The number of hydrogen-bond donors (Lipinski definition) is 2. The summed E-state index contributed by atoms with van der Waals surface area (Å²) >= 11 is 0. The molecule has 1 aliphatic heterocycles. The fourth-order valence-electron chi connectivity index (χ4n) is 2.62. The first-order valence-corrected chi connectivity index (χ1v) is 6.07. The molecule has 0 unspecified atom stereocenters. The number of benzene rings is 2. The van der Waals surface area contributed by atoms with E-state index in [1.807, 2.05) is 6.20 Å². The van der Waals surface area contributed by atoms with Crippen molar-refractivity contribution in [2.75, 3.05) is 5.32 Å². The summed E-state index contributed by atoms with van der Waals surface area (Å²) in [5.74, 6) is 0. The second-order valence-corrected chi connectivity index (χ2v) is 4.48. The molecule has 0 saturated carbocycles. The topological polar surface area (TPSA) is 27.8 Å². The summed E-state index contributed by atoms with van der Waals surface area (Å²) in [5, 5.41) is 4.59.